The zero-order valence-electron chi connectivity index (χ0n) is 14.5. The zero-order chi connectivity index (χ0) is 19.1. The molecule has 0 aliphatic carbocycles. The van der Waals surface area contributed by atoms with Crippen LogP contribution in [0.15, 0.2) is 35.1 Å². The van der Waals surface area contributed by atoms with Crippen LogP contribution in [-0.2, 0) is 16.1 Å². The van der Waals surface area contributed by atoms with E-state index in [0.717, 1.165) is 23.0 Å². The van der Waals surface area contributed by atoms with Crippen molar-refractivity contribution in [1.82, 2.24) is 10.3 Å². The molecule has 0 radical (unpaired) electrons. The van der Waals surface area contributed by atoms with Gasteiger partial charge in [0.15, 0.2) is 0 Å². The van der Waals surface area contributed by atoms with Gasteiger partial charge in [0, 0.05) is 17.8 Å². The first-order valence-electron chi connectivity index (χ1n) is 7.95. The molecule has 0 bridgehead atoms. The van der Waals surface area contributed by atoms with Gasteiger partial charge >= 0.3 is 0 Å². The second-order valence-corrected chi connectivity index (χ2v) is 6.73. The maximum atomic E-state index is 13.4. The van der Waals surface area contributed by atoms with Crippen LogP contribution >= 0.6 is 11.8 Å². The smallest absolute Gasteiger partial charge is 0.253 e. The fourth-order valence-corrected chi connectivity index (χ4v) is 2.97. The first-order valence-corrected chi connectivity index (χ1v) is 9.10. The summed E-state index contributed by atoms with van der Waals surface area (Å²) in [4.78, 5) is 38.2. The lowest BCUT2D eigenvalue weighted by molar-refractivity contribution is -0.118. The van der Waals surface area contributed by atoms with Crippen LogP contribution in [0.2, 0.25) is 0 Å². The predicted molar refractivity (Wildman–Crippen MR) is 101 cm³/mol. The number of thioether (sulfide) groups is 1. The number of halogens is 1. The third-order valence-electron chi connectivity index (χ3n) is 3.57. The van der Waals surface area contributed by atoms with Crippen molar-refractivity contribution < 1.29 is 14.0 Å². The standard InChI is InChI=1S/C18H20FN3O3S/c1-11-7-12(2)21-18(25)13(11)8-20-16(23)9-26-10-17(24)22-15-6-4-3-5-14(15)19/h3-7H,8-10H2,1-2H3,(H,20,23)(H,21,25)(H,22,24). The number of carbonyl (C=O) groups excluding carboxylic acids is 2. The quantitative estimate of drug-likeness (QED) is 0.689. The third-order valence-corrected chi connectivity index (χ3v) is 4.50. The van der Waals surface area contributed by atoms with Crippen LogP contribution in [0.1, 0.15) is 16.8 Å². The molecule has 1 aromatic carbocycles. The lowest BCUT2D eigenvalue weighted by Gasteiger charge is -2.08. The average Bonchev–Trinajstić information content (AvgIpc) is 2.56. The van der Waals surface area contributed by atoms with E-state index in [1.807, 2.05) is 13.0 Å². The molecule has 6 nitrogen and oxygen atoms in total. The molecular formula is C18H20FN3O3S. The molecule has 2 aromatic rings. The fraction of sp³-hybridized carbons (Fsp3) is 0.278. The van der Waals surface area contributed by atoms with Gasteiger partial charge in [-0.1, -0.05) is 12.1 Å². The zero-order valence-corrected chi connectivity index (χ0v) is 15.3. The van der Waals surface area contributed by atoms with Crippen LogP contribution in [0.4, 0.5) is 10.1 Å². The van der Waals surface area contributed by atoms with E-state index in [1.54, 1.807) is 13.0 Å². The van der Waals surface area contributed by atoms with E-state index in [-0.39, 0.29) is 35.2 Å². The van der Waals surface area contributed by atoms with Crippen LogP contribution in [0, 0.1) is 19.7 Å². The summed E-state index contributed by atoms with van der Waals surface area (Å²) in [5.41, 5.74) is 1.96. The van der Waals surface area contributed by atoms with Gasteiger partial charge in [-0.3, -0.25) is 14.4 Å². The molecule has 0 saturated carbocycles. The minimum absolute atomic E-state index is 0.0197. The van der Waals surface area contributed by atoms with E-state index < -0.39 is 11.7 Å². The van der Waals surface area contributed by atoms with E-state index in [1.165, 1.54) is 18.2 Å². The maximum Gasteiger partial charge on any atom is 0.253 e. The van der Waals surface area contributed by atoms with Crippen LogP contribution in [0.3, 0.4) is 0 Å². The molecule has 0 atom stereocenters. The number of anilines is 1. The Labute approximate surface area is 154 Å². The molecule has 138 valence electrons. The van der Waals surface area contributed by atoms with Gasteiger partial charge in [0.25, 0.3) is 5.56 Å². The second-order valence-electron chi connectivity index (χ2n) is 5.74. The van der Waals surface area contributed by atoms with Crippen molar-refractivity contribution in [3.05, 3.63) is 63.3 Å². The first kappa shape index (κ1) is 19.7. The van der Waals surface area contributed by atoms with E-state index in [9.17, 15) is 18.8 Å². The highest BCUT2D eigenvalue weighted by atomic mass is 32.2. The molecule has 26 heavy (non-hydrogen) atoms. The molecule has 0 fully saturated rings. The van der Waals surface area contributed by atoms with Gasteiger partial charge in [0.1, 0.15) is 5.82 Å². The Balaban J connectivity index is 1.75. The Morgan fingerprint density at radius 1 is 1.15 bits per heavy atom. The Morgan fingerprint density at radius 3 is 2.54 bits per heavy atom. The summed E-state index contributed by atoms with van der Waals surface area (Å²) in [6, 6.07) is 7.71. The first-order chi connectivity index (χ1) is 12.4. The summed E-state index contributed by atoms with van der Waals surface area (Å²) in [7, 11) is 0. The number of rotatable bonds is 7. The van der Waals surface area contributed by atoms with Crippen molar-refractivity contribution in [2.45, 2.75) is 20.4 Å². The molecule has 0 saturated heterocycles. The van der Waals surface area contributed by atoms with Gasteiger partial charge in [0.2, 0.25) is 11.8 Å². The van der Waals surface area contributed by atoms with Crippen LogP contribution in [0.25, 0.3) is 0 Å². The number of aryl methyl sites for hydroxylation is 2. The number of aromatic amines is 1. The molecule has 0 unspecified atom stereocenters. The van der Waals surface area contributed by atoms with E-state index in [4.69, 9.17) is 0 Å². The lowest BCUT2D eigenvalue weighted by atomic mass is 10.1. The van der Waals surface area contributed by atoms with Crippen molar-refractivity contribution in [2.75, 3.05) is 16.8 Å². The monoisotopic (exact) mass is 377 g/mol. The highest BCUT2D eigenvalue weighted by molar-refractivity contribution is 8.00. The minimum Gasteiger partial charge on any atom is -0.351 e. The van der Waals surface area contributed by atoms with Crippen molar-refractivity contribution >= 4 is 29.3 Å². The van der Waals surface area contributed by atoms with Gasteiger partial charge in [-0.05, 0) is 37.6 Å². The number of amides is 2. The molecule has 2 rings (SSSR count). The number of H-pyrrole nitrogens is 1. The van der Waals surface area contributed by atoms with Crippen LogP contribution < -0.4 is 16.2 Å². The summed E-state index contributed by atoms with van der Waals surface area (Å²) in [6.07, 6.45) is 0. The minimum atomic E-state index is -0.512. The Kier molecular flexibility index (Phi) is 6.97. The molecule has 8 heteroatoms. The largest absolute Gasteiger partial charge is 0.351 e. The topological polar surface area (TPSA) is 91.1 Å². The van der Waals surface area contributed by atoms with Gasteiger partial charge < -0.3 is 15.6 Å². The summed E-state index contributed by atoms with van der Waals surface area (Å²) < 4.78 is 13.4. The Morgan fingerprint density at radius 2 is 1.85 bits per heavy atom. The number of nitrogens with one attached hydrogen (secondary N) is 3. The number of carbonyl (C=O) groups is 2. The highest BCUT2D eigenvalue weighted by Crippen LogP contribution is 2.13. The van der Waals surface area contributed by atoms with Crippen molar-refractivity contribution in [3.8, 4) is 0 Å². The predicted octanol–water partition coefficient (Wildman–Crippen LogP) is 2.12. The number of benzene rings is 1. The lowest BCUT2D eigenvalue weighted by Crippen LogP contribution is -2.29. The third kappa shape index (κ3) is 5.73. The number of hydrogen-bond acceptors (Lipinski definition) is 4. The van der Waals surface area contributed by atoms with Gasteiger partial charge in [-0.15, -0.1) is 11.8 Å². The van der Waals surface area contributed by atoms with Gasteiger partial charge in [-0.25, -0.2) is 4.39 Å². The molecular weight excluding hydrogens is 357 g/mol. The summed E-state index contributed by atoms with van der Waals surface area (Å²) in [5, 5.41) is 5.11. The number of para-hydroxylation sites is 1. The molecule has 0 aliphatic heterocycles. The number of pyridine rings is 1. The molecule has 0 spiro atoms. The van der Waals surface area contributed by atoms with Crippen molar-refractivity contribution in [1.29, 1.82) is 0 Å². The van der Waals surface area contributed by atoms with E-state index >= 15 is 0 Å². The van der Waals surface area contributed by atoms with E-state index in [0.29, 0.717) is 5.56 Å². The van der Waals surface area contributed by atoms with E-state index in [2.05, 4.69) is 15.6 Å². The van der Waals surface area contributed by atoms with Gasteiger partial charge in [0.05, 0.1) is 17.2 Å². The molecule has 1 heterocycles. The maximum absolute atomic E-state index is 13.4. The van der Waals surface area contributed by atoms with Gasteiger partial charge in [-0.2, -0.15) is 0 Å². The highest BCUT2D eigenvalue weighted by Gasteiger charge is 2.10. The summed E-state index contributed by atoms with van der Waals surface area (Å²) in [5.74, 6) is -1.10. The van der Waals surface area contributed by atoms with Crippen LogP contribution in [-0.4, -0.2) is 28.3 Å². The fourth-order valence-electron chi connectivity index (χ4n) is 2.32. The summed E-state index contributed by atoms with van der Waals surface area (Å²) >= 11 is 1.11. The SMILES string of the molecule is Cc1cc(C)c(CNC(=O)CSCC(=O)Nc2ccccc2F)c(=O)[nH]1. The summed E-state index contributed by atoms with van der Waals surface area (Å²) in [6.45, 7) is 3.73. The molecule has 3 N–H and O–H groups in total. The Hall–Kier alpha value is -2.61. The van der Waals surface area contributed by atoms with Crippen molar-refractivity contribution in [3.63, 3.8) is 0 Å². The number of aromatic nitrogens is 1. The molecule has 1 aromatic heterocycles. The Bertz CT molecular complexity index is 867. The second kappa shape index (κ2) is 9.19. The molecule has 2 amide bonds. The number of hydrogen-bond donors (Lipinski definition) is 3. The average molecular weight is 377 g/mol. The van der Waals surface area contributed by atoms with Crippen LogP contribution in [0.5, 0.6) is 0 Å². The molecule has 0 aliphatic rings. The van der Waals surface area contributed by atoms with Crippen molar-refractivity contribution in [2.24, 2.45) is 0 Å². The normalized spacial score (nSPS) is 10.4.